The summed E-state index contributed by atoms with van der Waals surface area (Å²) in [6.07, 6.45) is 3.45. The summed E-state index contributed by atoms with van der Waals surface area (Å²) in [6, 6.07) is 6.40. The van der Waals surface area contributed by atoms with Gasteiger partial charge in [0.15, 0.2) is 0 Å². The first-order valence-electron chi connectivity index (χ1n) is 5.51. The Morgan fingerprint density at radius 1 is 1.12 bits per heavy atom. The lowest BCUT2D eigenvalue weighted by Crippen LogP contribution is -2.21. The lowest BCUT2D eigenvalue weighted by molar-refractivity contribution is 0.391. The first-order chi connectivity index (χ1) is 7.66. The Hall–Kier alpha value is -1.48. The van der Waals surface area contributed by atoms with Crippen LogP contribution in [0.5, 0.6) is 0 Å². The molecule has 0 radical (unpaired) electrons. The SMILES string of the molecule is Cc1ccc(C(C)NC(C)c2ccoc2)o1. The molecule has 2 heterocycles. The fourth-order valence-electron chi connectivity index (χ4n) is 1.76. The Balaban J connectivity index is 2.00. The molecule has 1 N–H and O–H groups in total. The van der Waals surface area contributed by atoms with Gasteiger partial charge in [0.1, 0.15) is 11.5 Å². The highest BCUT2D eigenvalue weighted by molar-refractivity contribution is 5.13. The van der Waals surface area contributed by atoms with E-state index in [1.807, 2.05) is 25.1 Å². The van der Waals surface area contributed by atoms with Crippen molar-refractivity contribution in [3.8, 4) is 0 Å². The molecular formula is C13H17NO2. The average Bonchev–Trinajstić information content (AvgIpc) is 2.87. The maximum Gasteiger partial charge on any atom is 0.120 e. The first kappa shape index (κ1) is 11.0. The van der Waals surface area contributed by atoms with E-state index in [1.165, 1.54) is 0 Å². The molecule has 2 unspecified atom stereocenters. The fourth-order valence-corrected chi connectivity index (χ4v) is 1.76. The van der Waals surface area contributed by atoms with Gasteiger partial charge in [0.2, 0.25) is 0 Å². The van der Waals surface area contributed by atoms with Gasteiger partial charge in [-0.3, -0.25) is 0 Å². The quantitative estimate of drug-likeness (QED) is 0.853. The van der Waals surface area contributed by atoms with Gasteiger partial charge in [-0.15, -0.1) is 0 Å². The number of hydrogen-bond donors (Lipinski definition) is 1. The van der Waals surface area contributed by atoms with Gasteiger partial charge in [-0.25, -0.2) is 0 Å². The molecular weight excluding hydrogens is 202 g/mol. The van der Waals surface area contributed by atoms with Gasteiger partial charge in [-0.05, 0) is 39.0 Å². The zero-order valence-electron chi connectivity index (χ0n) is 9.86. The number of hydrogen-bond acceptors (Lipinski definition) is 3. The van der Waals surface area contributed by atoms with Crippen LogP contribution in [0, 0.1) is 6.92 Å². The summed E-state index contributed by atoms with van der Waals surface area (Å²) in [4.78, 5) is 0. The van der Waals surface area contributed by atoms with Crippen LogP contribution >= 0.6 is 0 Å². The lowest BCUT2D eigenvalue weighted by atomic mass is 10.1. The molecule has 2 atom stereocenters. The maximum absolute atomic E-state index is 5.58. The molecule has 0 saturated carbocycles. The standard InChI is InChI=1S/C13H17NO2/c1-9-4-5-13(16-9)11(3)14-10(2)12-6-7-15-8-12/h4-8,10-11,14H,1-3H3. The summed E-state index contributed by atoms with van der Waals surface area (Å²) < 4.78 is 10.6. The fraction of sp³-hybridized carbons (Fsp3) is 0.385. The van der Waals surface area contributed by atoms with Gasteiger partial charge in [-0.1, -0.05) is 0 Å². The van der Waals surface area contributed by atoms with Crippen molar-refractivity contribution >= 4 is 0 Å². The van der Waals surface area contributed by atoms with Crippen molar-refractivity contribution in [3.63, 3.8) is 0 Å². The Morgan fingerprint density at radius 2 is 1.94 bits per heavy atom. The topological polar surface area (TPSA) is 38.3 Å². The molecule has 3 nitrogen and oxygen atoms in total. The third-order valence-electron chi connectivity index (χ3n) is 2.73. The molecule has 0 aliphatic carbocycles. The van der Waals surface area contributed by atoms with E-state index in [1.54, 1.807) is 12.5 Å². The van der Waals surface area contributed by atoms with Crippen LogP contribution in [0.4, 0.5) is 0 Å². The number of rotatable bonds is 4. The van der Waals surface area contributed by atoms with Crippen molar-refractivity contribution in [2.45, 2.75) is 32.9 Å². The van der Waals surface area contributed by atoms with Crippen molar-refractivity contribution in [2.24, 2.45) is 0 Å². The molecule has 0 fully saturated rings. The molecule has 0 spiro atoms. The zero-order valence-corrected chi connectivity index (χ0v) is 9.86. The molecule has 2 aromatic rings. The normalized spacial score (nSPS) is 14.9. The van der Waals surface area contributed by atoms with Gasteiger partial charge in [0.25, 0.3) is 0 Å². The predicted molar refractivity (Wildman–Crippen MR) is 62.1 cm³/mol. The van der Waals surface area contributed by atoms with Crippen LogP contribution in [-0.2, 0) is 0 Å². The minimum absolute atomic E-state index is 0.193. The monoisotopic (exact) mass is 219 g/mol. The van der Waals surface area contributed by atoms with Crippen LogP contribution < -0.4 is 5.32 Å². The Morgan fingerprint density at radius 3 is 2.50 bits per heavy atom. The minimum Gasteiger partial charge on any atom is -0.472 e. The Bertz CT molecular complexity index is 430. The molecule has 16 heavy (non-hydrogen) atoms. The molecule has 2 rings (SSSR count). The number of nitrogens with one attached hydrogen (secondary N) is 1. The third kappa shape index (κ3) is 2.36. The van der Waals surface area contributed by atoms with Crippen LogP contribution in [-0.4, -0.2) is 0 Å². The van der Waals surface area contributed by atoms with Crippen LogP contribution in [0.1, 0.15) is 43.0 Å². The summed E-state index contributed by atoms with van der Waals surface area (Å²) in [5.74, 6) is 1.91. The van der Waals surface area contributed by atoms with Gasteiger partial charge in [0, 0.05) is 11.6 Å². The van der Waals surface area contributed by atoms with E-state index in [0.717, 1.165) is 17.1 Å². The van der Waals surface area contributed by atoms with Crippen molar-refractivity contribution in [3.05, 3.63) is 47.8 Å². The van der Waals surface area contributed by atoms with E-state index < -0.39 is 0 Å². The molecule has 0 amide bonds. The largest absolute Gasteiger partial charge is 0.472 e. The van der Waals surface area contributed by atoms with Gasteiger partial charge >= 0.3 is 0 Å². The van der Waals surface area contributed by atoms with E-state index in [0.29, 0.717) is 0 Å². The first-order valence-corrected chi connectivity index (χ1v) is 5.51. The molecule has 0 saturated heterocycles. The maximum atomic E-state index is 5.58. The van der Waals surface area contributed by atoms with E-state index >= 15 is 0 Å². The smallest absolute Gasteiger partial charge is 0.120 e. The van der Waals surface area contributed by atoms with E-state index in [2.05, 4.69) is 19.2 Å². The second-order valence-electron chi connectivity index (χ2n) is 4.12. The highest BCUT2D eigenvalue weighted by Gasteiger charge is 2.14. The molecule has 86 valence electrons. The third-order valence-corrected chi connectivity index (χ3v) is 2.73. The molecule has 2 aromatic heterocycles. The van der Waals surface area contributed by atoms with Gasteiger partial charge in [-0.2, -0.15) is 0 Å². The van der Waals surface area contributed by atoms with Crippen molar-refractivity contribution in [2.75, 3.05) is 0 Å². The summed E-state index contributed by atoms with van der Waals surface area (Å²) in [5.41, 5.74) is 1.15. The zero-order chi connectivity index (χ0) is 11.5. The van der Waals surface area contributed by atoms with Crippen LogP contribution in [0.2, 0.25) is 0 Å². The molecule has 3 heteroatoms. The van der Waals surface area contributed by atoms with E-state index in [4.69, 9.17) is 8.83 Å². The molecule has 0 bridgehead atoms. The molecule has 0 aliphatic rings. The summed E-state index contributed by atoms with van der Waals surface area (Å²) in [7, 11) is 0. The molecule has 0 aliphatic heterocycles. The predicted octanol–water partition coefficient (Wildman–Crippen LogP) is 3.59. The Kier molecular flexibility index (Phi) is 3.15. The second-order valence-corrected chi connectivity index (χ2v) is 4.12. The van der Waals surface area contributed by atoms with Crippen molar-refractivity contribution in [1.82, 2.24) is 5.32 Å². The highest BCUT2D eigenvalue weighted by Crippen LogP contribution is 2.20. The second kappa shape index (κ2) is 4.58. The highest BCUT2D eigenvalue weighted by atomic mass is 16.3. The minimum atomic E-state index is 0.193. The summed E-state index contributed by atoms with van der Waals surface area (Å²) in [6.45, 7) is 6.15. The van der Waals surface area contributed by atoms with Crippen molar-refractivity contribution < 1.29 is 8.83 Å². The van der Waals surface area contributed by atoms with Crippen molar-refractivity contribution in [1.29, 1.82) is 0 Å². The van der Waals surface area contributed by atoms with Crippen LogP contribution in [0.3, 0.4) is 0 Å². The molecule has 0 aromatic carbocycles. The Labute approximate surface area is 95.5 Å². The lowest BCUT2D eigenvalue weighted by Gasteiger charge is -2.17. The number of furan rings is 2. The van der Waals surface area contributed by atoms with E-state index in [-0.39, 0.29) is 12.1 Å². The van der Waals surface area contributed by atoms with Crippen LogP contribution in [0.15, 0.2) is 39.6 Å². The number of aryl methyl sites for hydroxylation is 1. The summed E-state index contributed by atoms with van der Waals surface area (Å²) in [5, 5.41) is 3.46. The van der Waals surface area contributed by atoms with Gasteiger partial charge < -0.3 is 14.2 Å². The van der Waals surface area contributed by atoms with E-state index in [9.17, 15) is 0 Å². The van der Waals surface area contributed by atoms with Gasteiger partial charge in [0.05, 0.1) is 18.6 Å². The summed E-state index contributed by atoms with van der Waals surface area (Å²) >= 11 is 0. The average molecular weight is 219 g/mol. The van der Waals surface area contributed by atoms with Crippen LogP contribution in [0.25, 0.3) is 0 Å².